The molecule has 5 heteroatoms. The van der Waals surface area contributed by atoms with E-state index in [-0.39, 0.29) is 18.4 Å². The Morgan fingerprint density at radius 3 is 2.68 bits per heavy atom. The van der Waals surface area contributed by atoms with Gasteiger partial charge in [0.05, 0.1) is 6.54 Å². The standard InChI is InChI=1S/C20H27N3O2/c24-19-7-4-10-21(19)15-20(25)23-13-17-8-9-18(14-23)22(12-17)11-16-5-2-1-3-6-16/h1-3,5-6,17-18H,4,7-15H2/t17-,18-/m1/s1. The van der Waals surface area contributed by atoms with Crippen LogP contribution in [-0.2, 0) is 16.1 Å². The zero-order valence-corrected chi connectivity index (χ0v) is 14.8. The molecule has 1 aromatic carbocycles. The van der Waals surface area contributed by atoms with E-state index in [2.05, 4.69) is 35.2 Å². The predicted octanol–water partition coefficient (Wildman–Crippen LogP) is 1.73. The molecule has 5 nitrogen and oxygen atoms in total. The summed E-state index contributed by atoms with van der Waals surface area (Å²) >= 11 is 0. The summed E-state index contributed by atoms with van der Waals surface area (Å²) in [7, 11) is 0. The van der Waals surface area contributed by atoms with Crippen LogP contribution in [0, 0.1) is 5.92 Å². The van der Waals surface area contributed by atoms with Crippen molar-refractivity contribution in [1.29, 1.82) is 0 Å². The molecule has 5 rings (SSSR count). The summed E-state index contributed by atoms with van der Waals surface area (Å²) in [5, 5.41) is 0. The Bertz CT molecular complexity index is 633. The maximum absolute atomic E-state index is 12.7. The second kappa shape index (κ2) is 7.16. The van der Waals surface area contributed by atoms with Crippen molar-refractivity contribution in [3.8, 4) is 0 Å². The maximum atomic E-state index is 12.7. The zero-order chi connectivity index (χ0) is 17.2. The number of piperidine rings is 1. The molecule has 4 aliphatic heterocycles. The lowest BCUT2D eigenvalue weighted by Gasteiger charge is -2.36. The molecule has 0 unspecified atom stereocenters. The Morgan fingerprint density at radius 1 is 1.08 bits per heavy atom. The monoisotopic (exact) mass is 341 g/mol. The number of rotatable bonds is 4. The number of carbonyl (C=O) groups excluding carboxylic acids is 2. The van der Waals surface area contributed by atoms with Crippen LogP contribution in [0.5, 0.6) is 0 Å². The van der Waals surface area contributed by atoms with Crippen LogP contribution in [0.15, 0.2) is 30.3 Å². The van der Waals surface area contributed by atoms with E-state index in [1.54, 1.807) is 4.90 Å². The molecule has 0 aliphatic carbocycles. The van der Waals surface area contributed by atoms with Crippen LogP contribution in [0.2, 0.25) is 0 Å². The SMILES string of the molecule is O=C1CCCN1CC(=O)N1C[C@@H]2CC[C@H](C1)N(Cc1ccccc1)C2. The zero-order valence-electron chi connectivity index (χ0n) is 14.8. The molecular formula is C20H27N3O2. The number of hydrogen-bond donors (Lipinski definition) is 0. The molecule has 25 heavy (non-hydrogen) atoms. The van der Waals surface area contributed by atoms with Crippen molar-refractivity contribution in [2.75, 3.05) is 32.7 Å². The molecule has 2 bridgehead atoms. The highest BCUT2D eigenvalue weighted by atomic mass is 16.2. The highest BCUT2D eigenvalue weighted by Gasteiger charge is 2.37. The lowest BCUT2D eigenvalue weighted by Crippen LogP contribution is -2.45. The number of hydrogen-bond acceptors (Lipinski definition) is 3. The summed E-state index contributed by atoms with van der Waals surface area (Å²) in [6.45, 7) is 4.72. The van der Waals surface area contributed by atoms with Gasteiger partial charge in [0.1, 0.15) is 0 Å². The van der Waals surface area contributed by atoms with Gasteiger partial charge in [-0.2, -0.15) is 0 Å². The van der Waals surface area contributed by atoms with Crippen LogP contribution in [0.3, 0.4) is 0 Å². The van der Waals surface area contributed by atoms with Crippen LogP contribution >= 0.6 is 0 Å². The minimum atomic E-state index is 0.133. The molecular weight excluding hydrogens is 314 g/mol. The molecule has 0 N–H and O–H groups in total. The number of nitrogens with zero attached hydrogens (tertiary/aromatic N) is 3. The van der Waals surface area contributed by atoms with Crippen LogP contribution in [0.25, 0.3) is 0 Å². The van der Waals surface area contributed by atoms with Gasteiger partial charge in [-0.3, -0.25) is 14.5 Å². The van der Waals surface area contributed by atoms with Gasteiger partial charge in [0.15, 0.2) is 0 Å². The first-order chi connectivity index (χ1) is 12.2. The van der Waals surface area contributed by atoms with Gasteiger partial charge in [-0.1, -0.05) is 30.3 Å². The fraction of sp³-hybridized carbons (Fsp3) is 0.600. The Balaban J connectivity index is 1.40. The molecule has 4 heterocycles. The van der Waals surface area contributed by atoms with Crippen molar-refractivity contribution in [2.24, 2.45) is 5.92 Å². The van der Waals surface area contributed by atoms with E-state index in [1.165, 1.54) is 18.4 Å². The van der Waals surface area contributed by atoms with Crippen molar-refractivity contribution in [3.05, 3.63) is 35.9 Å². The fourth-order valence-corrected chi connectivity index (χ4v) is 4.53. The highest BCUT2D eigenvalue weighted by molar-refractivity contribution is 5.86. The molecule has 134 valence electrons. The number of benzene rings is 1. The number of fused-ring (bicyclic) bond motifs is 4. The minimum absolute atomic E-state index is 0.133. The first-order valence-corrected chi connectivity index (χ1v) is 9.52. The van der Waals surface area contributed by atoms with Crippen molar-refractivity contribution >= 4 is 11.8 Å². The number of amides is 2. The van der Waals surface area contributed by atoms with Crippen molar-refractivity contribution in [1.82, 2.24) is 14.7 Å². The van der Waals surface area contributed by atoms with Gasteiger partial charge in [0.25, 0.3) is 0 Å². The molecule has 4 saturated heterocycles. The third kappa shape index (κ3) is 3.71. The van der Waals surface area contributed by atoms with Gasteiger partial charge in [0, 0.05) is 45.2 Å². The van der Waals surface area contributed by atoms with E-state index < -0.39 is 0 Å². The number of likely N-dealkylation sites (tertiary alicyclic amines) is 1. The first kappa shape index (κ1) is 16.6. The quantitative estimate of drug-likeness (QED) is 0.838. The summed E-state index contributed by atoms with van der Waals surface area (Å²) in [5.74, 6) is 0.825. The van der Waals surface area contributed by atoms with Crippen molar-refractivity contribution < 1.29 is 9.59 Å². The van der Waals surface area contributed by atoms with E-state index in [0.29, 0.717) is 18.4 Å². The van der Waals surface area contributed by atoms with Gasteiger partial charge in [-0.25, -0.2) is 0 Å². The van der Waals surface area contributed by atoms with E-state index >= 15 is 0 Å². The Morgan fingerprint density at radius 2 is 1.92 bits per heavy atom. The molecule has 0 aromatic heterocycles. The van der Waals surface area contributed by atoms with Gasteiger partial charge in [0.2, 0.25) is 11.8 Å². The van der Waals surface area contributed by atoms with Crippen LogP contribution in [0.4, 0.5) is 0 Å². The van der Waals surface area contributed by atoms with E-state index in [0.717, 1.165) is 39.1 Å². The van der Waals surface area contributed by atoms with Gasteiger partial charge in [-0.05, 0) is 30.7 Å². The van der Waals surface area contributed by atoms with Gasteiger partial charge < -0.3 is 9.80 Å². The van der Waals surface area contributed by atoms with Crippen LogP contribution < -0.4 is 0 Å². The highest BCUT2D eigenvalue weighted by Crippen LogP contribution is 2.29. The largest absolute Gasteiger partial charge is 0.339 e. The number of carbonyl (C=O) groups is 2. The second-order valence-electron chi connectivity index (χ2n) is 7.73. The molecule has 2 atom stereocenters. The molecule has 1 aromatic rings. The first-order valence-electron chi connectivity index (χ1n) is 9.52. The summed E-state index contributed by atoms with van der Waals surface area (Å²) in [5.41, 5.74) is 1.34. The lowest BCUT2D eigenvalue weighted by molar-refractivity contribution is -0.138. The fourth-order valence-electron chi connectivity index (χ4n) is 4.53. The third-order valence-corrected chi connectivity index (χ3v) is 5.91. The predicted molar refractivity (Wildman–Crippen MR) is 95.8 cm³/mol. The minimum Gasteiger partial charge on any atom is -0.339 e. The molecule has 0 saturated carbocycles. The maximum Gasteiger partial charge on any atom is 0.242 e. The van der Waals surface area contributed by atoms with Gasteiger partial charge >= 0.3 is 0 Å². The lowest BCUT2D eigenvalue weighted by atomic mass is 9.94. The summed E-state index contributed by atoms with van der Waals surface area (Å²) in [6, 6.07) is 11.0. The smallest absolute Gasteiger partial charge is 0.242 e. The van der Waals surface area contributed by atoms with E-state index in [9.17, 15) is 9.59 Å². The molecule has 0 radical (unpaired) electrons. The Labute approximate surface area is 149 Å². The van der Waals surface area contributed by atoms with Crippen LogP contribution in [-0.4, -0.2) is 65.3 Å². The van der Waals surface area contributed by atoms with Gasteiger partial charge in [-0.15, -0.1) is 0 Å². The Kier molecular flexibility index (Phi) is 4.75. The third-order valence-electron chi connectivity index (χ3n) is 5.91. The molecule has 2 amide bonds. The molecule has 4 fully saturated rings. The molecule has 4 aliphatic rings. The average Bonchev–Trinajstić information content (AvgIpc) is 2.83. The topological polar surface area (TPSA) is 43.9 Å². The summed E-state index contributed by atoms with van der Waals surface area (Å²) in [6.07, 6.45) is 3.87. The van der Waals surface area contributed by atoms with E-state index in [4.69, 9.17) is 0 Å². The summed E-state index contributed by atoms with van der Waals surface area (Å²) in [4.78, 5) is 30.9. The Hall–Kier alpha value is -1.88. The van der Waals surface area contributed by atoms with Crippen molar-refractivity contribution in [3.63, 3.8) is 0 Å². The average molecular weight is 341 g/mol. The van der Waals surface area contributed by atoms with Crippen LogP contribution in [0.1, 0.15) is 31.2 Å². The van der Waals surface area contributed by atoms with E-state index in [1.807, 2.05) is 4.90 Å². The summed E-state index contributed by atoms with van der Waals surface area (Å²) < 4.78 is 0. The normalized spacial score (nSPS) is 27.0. The molecule has 0 spiro atoms. The second-order valence-corrected chi connectivity index (χ2v) is 7.73. The van der Waals surface area contributed by atoms with Crippen molar-refractivity contribution in [2.45, 2.75) is 38.3 Å².